The Kier molecular flexibility index (Phi) is 26.5. The number of hydrogen-bond donors (Lipinski definition) is 0. The molecular weight excluding hydrogens is 444 g/mol. The second-order valence-electron chi connectivity index (χ2n) is 9.59. The van der Waals surface area contributed by atoms with Crippen molar-refractivity contribution in [3.05, 3.63) is 36.7 Å². The average molecular weight is 505 g/mol. The third-order valence-electron chi connectivity index (χ3n) is 6.53. The van der Waals surface area contributed by atoms with Gasteiger partial charge in [0.05, 0.1) is 0 Å². The van der Waals surface area contributed by atoms with Gasteiger partial charge in [0.2, 0.25) is 11.8 Å². The third kappa shape index (κ3) is 20.4. The number of unbranched alkanes of at least 4 members (excludes halogenated alkanes) is 11. The lowest BCUT2D eigenvalue weighted by atomic mass is 10.1. The first-order chi connectivity index (χ1) is 17.3. The first kappa shape index (κ1) is 36.3. The van der Waals surface area contributed by atoms with Crippen LogP contribution in [-0.4, -0.2) is 34.7 Å². The predicted octanol–water partition coefficient (Wildman–Crippen LogP) is 9.57. The van der Waals surface area contributed by atoms with E-state index in [0.717, 1.165) is 50.2 Å². The molecule has 0 atom stereocenters. The summed E-state index contributed by atoms with van der Waals surface area (Å²) in [7, 11) is 0. The van der Waals surface area contributed by atoms with Crippen molar-refractivity contribution >= 4 is 11.8 Å². The highest BCUT2D eigenvalue weighted by Crippen LogP contribution is 2.15. The van der Waals surface area contributed by atoms with Crippen LogP contribution in [0.5, 0.6) is 0 Å². The molecule has 2 amide bonds. The molecule has 4 nitrogen and oxygen atoms in total. The zero-order chi connectivity index (χ0) is 27.6. The van der Waals surface area contributed by atoms with Crippen molar-refractivity contribution in [3.8, 4) is 0 Å². The molecule has 210 valence electrons. The second kappa shape index (κ2) is 26.2. The Hall–Kier alpha value is -1.84. The second-order valence-corrected chi connectivity index (χ2v) is 9.59. The molecule has 0 bridgehead atoms. The zero-order valence-electron chi connectivity index (χ0n) is 25.0. The normalized spacial score (nSPS) is 10.6. The van der Waals surface area contributed by atoms with Crippen LogP contribution in [-0.2, 0) is 9.59 Å². The molecular formula is C32H60N2O2. The molecule has 0 rings (SSSR count). The van der Waals surface area contributed by atoms with Gasteiger partial charge in [-0.2, -0.15) is 0 Å². The van der Waals surface area contributed by atoms with E-state index in [1.165, 1.54) is 84.0 Å². The third-order valence-corrected chi connectivity index (χ3v) is 6.53. The molecule has 0 N–H and O–H groups in total. The van der Waals surface area contributed by atoms with Crippen LogP contribution in [0.15, 0.2) is 36.7 Å². The number of nitrogens with zero attached hydrogens (tertiary/aromatic N) is 2. The molecule has 0 unspecified atom stereocenters. The summed E-state index contributed by atoms with van der Waals surface area (Å²) in [5, 5.41) is 0. The first-order valence-corrected chi connectivity index (χ1v) is 14.9. The van der Waals surface area contributed by atoms with Crippen molar-refractivity contribution < 1.29 is 9.59 Å². The van der Waals surface area contributed by atoms with E-state index in [1.54, 1.807) is 4.90 Å². The Labute approximate surface area is 225 Å². The van der Waals surface area contributed by atoms with E-state index < -0.39 is 0 Å². The van der Waals surface area contributed by atoms with Crippen molar-refractivity contribution in [2.75, 3.05) is 13.1 Å². The summed E-state index contributed by atoms with van der Waals surface area (Å²) in [4.78, 5) is 26.5. The van der Waals surface area contributed by atoms with Gasteiger partial charge in [0.25, 0.3) is 0 Å². The quantitative estimate of drug-likeness (QED) is 0.115. The van der Waals surface area contributed by atoms with Crippen LogP contribution in [0.2, 0.25) is 0 Å². The fraction of sp³-hybridized carbons (Fsp3) is 0.750. The molecule has 0 saturated heterocycles. The molecule has 0 aliphatic rings. The number of hydrogen-bond acceptors (Lipinski definition) is 2. The molecule has 0 aromatic rings. The predicted molar refractivity (Wildman–Crippen MR) is 159 cm³/mol. The van der Waals surface area contributed by atoms with E-state index >= 15 is 0 Å². The first-order valence-electron chi connectivity index (χ1n) is 14.9. The van der Waals surface area contributed by atoms with Gasteiger partial charge in [-0.3, -0.25) is 14.5 Å². The molecule has 0 aliphatic carbocycles. The van der Waals surface area contributed by atoms with E-state index in [1.807, 2.05) is 18.7 Å². The maximum Gasteiger partial charge on any atom is 0.227 e. The summed E-state index contributed by atoms with van der Waals surface area (Å²) < 4.78 is 0. The van der Waals surface area contributed by atoms with Gasteiger partial charge in [-0.15, -0.1) is 0 Å². The minimum Gasteiger partial charge on any atom is -0.343 e. The van der Waals surface area contributed by atoms with Crippen molar-refractivity contribution in [2.45, 2.75) is 144 Å². The Bertz CT molecular complexity index is 589. The topological polar surface area (TPSA) is 40.6 Å². The maximum atomic E-state index is 11.9. The van der Waals surface area contributed by atoms with Gasteiger partial charge in [-0.05, 0) is 58.8 Å². The van der Waals surface area contributed by atoms with Crippen LogP contribution in [0.4, 0.5) is 0 Å². The lowest BCUT2D eigenvalue weighted by Crippen LogP contribution is -2.30. The fourth-order valence-corrected chi connectivity index (χ4v) is 4.07. The number of carbonyl (C=O) groups is 2. The SMILES string of the molecule is C=C(CC)N(C(=C)CC)C(C)=O.CCCCCCCC/C=C\CCCCCCCC(=O)N(CC)CC. The van der Waals surface area contributed by atoms with Crippen molar-refractivity contribution in [1.82, 2.24) is 9.80 Å². The summed E-state index contributed by atoms with van der Waals surface area (Å²) in [5.74, 6) is 0.325. The molecule has 0 spiro atoms. The van der Waals surface area contributed by atoms with E-state index in [2.05, 4.69) is 46.1 Å². The lowest BCUT2D eigenvalue weighted by Gasteiger charge is -2.23. The largest absolute Gasteiger partial charge is 0.343 e. The standard InChI is InChI=1S/C22H43NO.C10H17NO/c1-4-7-8-9-10-11-12-13-14-15-16-17-18-19-20-21-22(24)23(5-2)6-3;1-6-8(3)11(10(5)12)9(4)7-2/h13-14H,4-12,15-21H2,1-3H3;3-4,6-7H2,1-2,5H3/b14-13-;. The molecule has 0 saturated carbocycles. The van der Waals surface area contributed by atoms with Crippen molar-refractivity contribution in [2.24, 2.45) is 0 Å². The summed E-state index contributed by atoms with van der Waals surface area (Å²) in [5.41, 5.74) is 1.63. The minimum atomic E-state index is -0.00583. The van der Waals surface area contributed by atoms with E-state index in [4.69, 9.17) is 0 Å². The molecule has 4 heteroatoms. The van der Waals surface area contributed by atoms with Gasteiger partial charge in [-0.1, -0.05) is 97.4 Å². The number of allylic oxidation sites excluding steroid dienone is 4. The Morgan fingerprint density at radius 1 is 0.639 bits per heavy atom. The van der Waals surface area contributed by atoms with Crippen molar-refractivity contribution in [3.63, 3.8) is 0 Å². The smallest absolute Gasteiger partial charge is 0.227 e. The van der Waals surface area contributed by atoms with Gasteiger partial charge >= 0.3 is 0 Å². The molecule has 0 aliphatic heterocycles. The summed E-state index contributed by atoms with van der Waals surface area (Å²) in [6, 6.07) is 0. The van der Waals surface area contributed by atoms with Gasteiger partial charge in [0, 0.05) is 37.8 Å². The Morgan fingerprint density at radius 2 is 1.06 bits per heavy atom. The van der Waals surface area contributed by atoms with Crippen LogP contribution < -0.4 is 0 Å². The van der Waals surface area contributed by atoms with E-state index in [9.17, 15) is 9.59 Å². The van der Waals surface area contributed by atoms with Crippen LogP contribution in [0, 0.1) is 0 Å². The molecule has 36 heavy (non-hydrogen) atoms. The highest BCUT2D eigenvalue weighted by Gasteiger charge is 2.12. The van der Waals surface area contributed by atoms with Crippen LogP contribution in [0.25, 0.3) is 0 Å². The Balaban J connectivity index is 0. The number of carbonyl (C=O) groups excluding carboxylic acids is 2. The Morgan fingerprint density at radius 3 is 1.44 bits per heavy atom. The van der Waals surface area contributed by atoms with E-state index in [0.29, 0.717) is 5.91 Å². The summed E-state index contributed by atoms with van der Waals surface area (Å²) in [6.07, 6.45) is 24.0. The van der Waals surface area contributed by atoms with Gasteiger partial charge in [0.15, 0.2) is 0 Å². The van der Waals surface area contributed by atoms with Gasteiger partial charge < -0.3 is 4.90 Å². The molecule has 0 radical (unpaired) electrons. The van der Waals surface area contributed by atoms with E-state index in [-0.39, 0.29) is 5.91 Å². The molecule has 0 heterocycles. The maximum absolute atomic E-state index is 11.9. The highest BCUT2D eigenvalue weighted by atomic mass is 16.2. The molecule has 0 fully saturated rings. The summed E-state index contributed by atoms with van der Waals surface area (Å²) >= 11 is 0. The number of rotatable bonds is 21. The van der Waals surface area contributed by atoms with Crippen LogP contribution >= 0.6 is 0 Å². The van der Waals surface area contributed by atoms with Crippen molar-refractivity contribution in [1.29, 1.82) is 0 Å². The lowest BCUT2D eigenvalue weighted by molar-refractivity contribution is -0.131. The molecule has 0 aromatic carbocycles. The molecule has 0 aromatic heterocycles. The summed E-state index contributed by atoms with van der Waals surface area (Å²) in [6.45, 7) is 21.2. The average Bonchev–Trinajstić information content (AvgIpc) is 2.87. The zero-order valence-corrected chi connectivity index (χ0v) is 25.0. The fourth-order valence-electron chi connectivity index (χ4n) is 4.07. The van der Waals surface area contributed by atoms with Crippen LogP contribution in [0.3, 0.4) is 0 Å². The van der Waals surface area contributed by atoms with Crippen LogP contribution in [0.1, 0.15) is 144 Å². The minimum absolute atomic E-state index is 0.00583. The monoisotopic (exact) mass is 504 g/mol. The highest BCUT2D eigenvalue weighted by molar-refractivity contribution is 5.77. The van der Waals surface area contributed by atoms with Gasteiger partial charge in [0.1, 0.15) is 0 Å². The number of amides is 2. The van der Waals surface area contributed by atoms with Gasteiger partial charge in [-0.25, -0.2) is 0 Å².